The van der Waals surface area contributed by atoms with Crippen LogP contribution >= 0.6 is 0 Å². The first-order chi connectivity index (χ1) is 23.7. The van der Waals surface area contributed by atoms with Crippen LogP contribution in [0.2, 0.25) is 0 Å². The molecule has 2 aromatic heterocycles. The van der Waals surface area contributed by atoms with Gasteiger partial charge in [0.15, 0.2) is 21.5 Å². The van der Waals surface area contributed by atoms with Crippen LogP contribution in [0.3, 0.4) is 0 Å². The predicted molar refractivity (Wildman–Crippen MR) is 195 cm³/mol. The highest BCUT2D eigenvalue weighted by atomic mass is 32.2. The van der Waals surface area contributed by atoms with Crippen molar-refractivity contribution in [3.8, 4) is 11.4 Å². The molecule has 0 aliphatic carbocycles. The van der Waals surface area contributed by atoms with Crippen molar-refractivity contribution in [1.29, 1.82) is 0 Å². The monoisotopic (exact) mass is 698 g/mol. The Labute approximate surface area is 294 Å². The van der Waals surface area contributed by atoms with Crippen LogP contribution < -0.4 is 0 Å². The summed E-state index contributed by atoms with van der Waals surface area (Å²) in [5.41, 5.74) is 6.20. The minimum Gasteiger partial charge on any atom is -0.469 e. The zero-order chi connectivity index (χ0) is 35.8. The SMILES string of the molecule is COC(=O)CCc1cccc(C2(C)CCCC(C)(C)CS(=O)(=O)CCc3c(c(C)cc4[nH]ccc34)Cc3ccc(F)c(c3)-c3nc2nn3C)c1. The van der Waals surface area contributed by atoms with Gasteiger partial charge in [-0.3, -0.25) is 4.79 Å². The average molecular weight is 699 g/mol. The molecule has 3 heterocycles. The van der Waals surface area contributed by atoms with E-state index in [1.54, 1.807) is 17.8 Å². The lowest BCUT2D eigenvalue weighted by Crippen LogP contribution is -2.29. The molecule has 264 valence electrons. The maximum atomic E-state index is 15.7. The molecule has 0 radical (unpaired) electrons. The van der Waals surface area contributed by atoms with Gasteiger partial charge in [0.2, 0.25) is 0 Å². The number of halogens is 1. The molecule has 6 rings (SSSR count). The number of hydrogen-bond donors (Lipinski definition) is 1. The second kappa shape index (κ2) is 13.8. The van der Waals surface area contributed by atoms with Gasteiger partial charge in [0.05, 0.1) is 29.6 Å². The molecule has 4 bridgehead atoms. The summed E-state index contributed by atoms with van der Waals surface area (Å²) in [4.78, 5) is 20.3. The Morgan fingerprint density at radius 2 is 1.86 bits per heavy atom. The number of ether oxygens (including phenoxy) is 1. The van der Waals surface area contributed by atoms with E-state index in [4.69, 9.17) is 14.8 Å². The summed E-state index contributed by atoms with van der Waals surface area (Å²) in [7, 11) is -0.221. The van der Waals surface area contributed by atoms with Crippen molar-refractivity contribution < 1.29 is 22.3 Å². The highest BCUT2D eigenvalue weighted by molar-refractivity contribution is 7.91. The van der Waals surface area contributed by atoms with Gasteiger partial charge in [-0.2, -0.15) is 5.10 Å². The fourth-order valence-corrected chi connectivity index (χ4v) is 9.63. The van der Waals surface area contributed by atoms with E-state index in [0.29, 0.717) is 49.3 Å². The standard InChI is InChI=1S/C40H47FN4O4S/c1-26-21-35-31(15-19-42-35)30-16-20-50(47,48)25-39(2,3)17-8-18-40(4,29-10-7-9-27(22-29)12-14-36(46)49-6)38-43-37(45(5)44-38)33-24-28(23-32(26)30)11-13-34(33)41/h7,9-11,13,15,19,21-22,24,42H,8,12,14,16-18,20,23,25H2,1-6H3. The lowest BCUT2D eigenvalue weighted by molar-refractivity contribution is -0.140. The van der Waals surface area contributed by atoms with Gasteiger partial charge in [0.1, 0.15) is 5.82 Å². The molecule has 1 N–H and O–H groups in total. The van der Waals surface area contributed by atoms with Crippen molar-refractivity contribution in [3.05, 3.63) is 106 Å². The Hall–Kier alpha value is -4.31. The summed E-state index contributed by atoms with van der Waals surface area (Å²) in [6.45, 7) is 8.21. The summed E-state index contributed by atoms with van der Waals surface area (Å²) in [5.74, 6) is 0.487. The number of rotatable bonds is 4. The molecule has 50 heavy (non-hydrogen) atoms. The van der Waals surface area contributed by atoms with E-state index in [-0.39, 0.29) is 29.7 Å². The molecular formula is C40H47FN4O4S. The Morgan fingerprint density at radius 3 is 2.64 bits per heavy atom. The maximum absolute atomic E-state index is 15.7. The van der Waals surface area contributed by atoms with Crippen LogP contribution in [-0.2, 0) is 51.1 Å². The molecule has 0 amide bonds. The number of methoxy groups -OCH3 is 1. The summed E-state index contributed by atoms with van der Waals surface area (Å²) in [6, 6.07) is 17.3. The fourth-order valence-electron chi connectivity index (χ4n) is 7.63. The number of carbonyl (C=O) groups excluding carboxylic acids is 1. The van der Waals surface area contributed by atoms with Gasteiger partial charge in [-0.15, -0.1) is 0 Å². The molecule has 1 unspecified atom stereocenters. The number of H-pyrrole nitrogens is 1. The highest BCUT2D eigenvalue weighted by Crippen LogP contribution is 2.39. The molecular weight excluding hydrogens is 652 g/mol. The number of benzene rings is 3. The molecule has 0 spiro atoms. The number of fused-ring (bicyclic) bond motifs is 8. The molecule has 1 atom stereocenters. The van der Waals surface area contributed by atoms with Crippen LogP contribution in [0.1, 0.15) is 85.7 Å². The fraction of sp³-hybridized carbons (Fsp3) is 0.425. The van der Waals surface area contributed by atoms with Crippen molar-refractivity contribution >= 4 is 26.7 Å². The second-order valence-electron chi connectivity index (χ2n) is 14.9. The molecule has 1 aliphatic rings. The number of aromatic amines is 1. The quantitative estimate of drug-likeness (QED) is 0.194. The topological polar surface area (TPSA) is 107 Å². The number of hydrogen-bond acceptors (Lipinski definition) is 6. The highest BCUT2D eigenvalue weighted by Gasteiger charge is 2.36. The first-order valence-corrected chi connectivity index (χ1v) is 19.2. The van der Waals surface area contributed by atoms with Crippen molar-refractivity contribution in [2.45, 2.75) is 78.1 Å². The van der Waals surface area contributed by atoms with Crippen molar-refractivity contribution in [3.63, 3.8) is 0 Å². The Bertz CT molecular complexity index is 2170. The van der Waals surface area contributed by atoms with Gasteiger partial charge >= 0.3 is 5.97 Å². The number of aryl methyl sites for hydroxylation is 4. The number of esters is 1. The maximum Gasteiger partial charge on any atom is 0.305 e. The summed E-state index contributed by atoms with van der Waals surface area (Å²) in [5, 5.41) is 5.93. The van der Waals surface area contributed by atoms with E-state index in [0.717, 1.165) is 50.7 Å². The summed E-state index contributed by atoms with van der Waals surface area (Å²) in [6.07, 6.45) is 5.63. The third-order valence-corrected chi connectivity index (χ3v) is 12.5. The van der Waals surface area contributed by atoms with Gasteiger partial charge in [-0.1, -0.05) is 50.6 Å². The van der Waals surface area contributed by atoms with Crippen molar-refractivity contribution in [2.75, 3.05) is 18.6 Å². The number of sulfone groups is 1. The van der Waals surface area contributed by atoms with Crippen LogP contribution in [0.5, 0.6) is 0 Å². The molecule has 0 saturated carbocycles. The van der Waals surface area contributed by atoms with E-state index in [1.807, 2.05) is 57.3 Å². The zero-order valence-electron chi connectivity index (χ0n) is 29.9. The number of aromatic nitrogens is 4. The summed E-state index contributed by atoms with van der Waals surface area (Å²) < 4.78 is 49.8. The molecule has 3 aromatic carbocycles. The zero-order valence-corrected chi connectivity index (χ0v) is 30.7. The van der Waals surface area contributed by atoms with Crippen LogP contribution in [0, 0.1) is 18.2 Å². The third kappa shape index (κ3) is 7.41. The molecule has 8 nitrogen and oxygen atoms in total. The average Bonchev–Trinajstić information content (AvgIpc) is 3.69. The van der Waals surface area contributed by atoms with Gasteiger partial charge in [-0.05, 0) is 109 Å². The number of nitrogens with one attached hydrogen (secondary N) is 1. The minimum absolute atomic E-state index is 0.0519. The van der Waals surface area contributed by atoms with Crippen LogP contribution in [0.4, 0.5) is 4.39 Å². The number of nitrogens with zero attached hydrogens (tertiary/aromatic N) is 3. The predicted octanol–water partition coefficient (Wildman–Crippen LogP) is 7.58. The van der Waals surface area contributed by atoms with Gasteiger partial charge in [0.25, 0.3) is 0 Å². The molecule has 5 aromatic rings. The van der Waals surface area contributed by atoms with E-state index in [1.165, 1.54) is 13.2 Å². The van der Waals surface area contributed by atoms with Crippen molar-refractivity contribution in [2.24, 2.45) is 12.5 Å². The minimum atomic E-state index is -3.40. The van der Waals surface area contributed by atoms with E-state index >= 15 is 4.39 Å². The van der Waals surface area contributed by atoms with E-state index in [9.17, 15) is 13.2 Å². The lowest BCUT2D eigenvalue weighted by Gasteiger charge is -2.30. The first-order valence-electron chi connectivity index (χ1n) is 17.3. The number of carbonyl (C=O) groups is 1. The molecule has 0 saturated heterocycles. The molecule has 0 fully saturated rings. The Balaban J connectivity index is 1.48. The van der Waals surface area contributed by atoms with E-state index in [2.05, 4.69) is 24.0 Å². The molecule has 1 aliphatic heterocycles. The van der Waals surface area contributed by atoms with Crippen LogP contribution in [0.25, 0.3) is 22.3 Å². The van der Waals surface area contributed by atoms with Crippen LogP contribution in [-0.4, -0.2) is 52.8 Å². The Morgan fingerprint density at radius 1 is 1.06 bits per heavy atom. The van der Waals surface area contributed by atoms with E-state index < -0.39 is 20.7 Å². The lowest BCUT2D eigenvalue weighted by atomic mass is 9.75. The normalized spacial score (nSPS) is 19.3. The van der Waals surface area contributed by atoms with Gasteiger partial charge in [-0.25, -0.2) is 22.5 Å². The van der Waals surface area contributed by atoms with Gasteiger partial charge < -0.3 is 9.72 Å². The largest absolute Gasteiger partial charge is 0.469 e. The van der Waals surface area contributed by atoms with Gasteiger partial charge in [0, 0.05) is 30.6 Å². The van der Waals surface area contributed by atoms with Crippen LogP contribution in [0.15, 0.2) is 60.8 Å². The Kier molecular flexibility index (Phi) is 9.79. The van der Waals surface area contributed by atoms with Crippen molar-refractivity contribution in [1.82, 2.24) is 19.7 Å². The smallest absolute Gasteiger partial charge is 0.305 e. The third-order valence-electron chi connectivity index (χ3n) is 10.4. The summed E-state index contributed by atoms with van der Waals surface area (Å²) >= 11 is 0. The molecule has 10 heteroatoms. The first kappa shape index (κ1) is 35.5. The second-order valence-corrected chi connectivity index (χ2v) is 17.1.